The summed E-state index contributed by atoms with van der Waals surface area (Å²) in [6.45, 7) is 0.425. The van der Waals surface area contributed by atoms with Gasteiger partial charge in [0.25, 0.3) is 0 Å². The van der Waals surface area contributed by atoms with E-state index < -0.39 is 11.4 Å². The highest BCUT2D eigenvalue weighted by Gasteiger charge is 2.42. The van der Waals surface area contributed by atoms with Crippen molar-refractivity contribution in [1.29, 1.82) is 0 Å². The number of benzene rings is 1. The van der Waals surface area contributed by atoms with Crippen LogP contribution in [0, 0.1) is 5.41 Å². The van der Waals surface area contributed by atoms with Crippen LogP contribution in [-0.4, -0.2) is 17.0 Å². The fraction of sp³-hybridized carbons (Fsp3) is 0.467. The van der Waals surface area contributed by atoms with Gasteiger partial charge in [-0.2, -0.15) is 0 Å². The van der Waals surface area contributed by atoms with Gasteiger partial charge in [0.05, 0.1) is 5.41 Å². The monoisotopic (exact) mass is 339 g/mol. The standard InChI is InChI=1S/C15H18BrNO3/c16-12-5-3-4-11(8-12)10-17-13(18)9-15(14(19)20)6-1-2-7-15/h3-5,8H,1-2,6-7,9-10H2,(H,17,18)(H,19,20). The minimum atomic E-state index is -0.846. The molecule has 0 aliphatic heterocycles. The maximum Gasteiger partial charge on any atom is 0.310 e. The number of aliphatic carboxylic acids is 1. The molecule has 0 atom stereocenters. The number of carbonyl (C=O) groups excluding carboxylic acids is 1. The Hall–Kier alpha value is -1.36. The molecule has 0 bridgehead atoms. The van der Waals surface area contributed by atoms with E-state index in [4.69, 9.17) is 0 Å². The van der Waals surface area contributed by atoms with Gasteiger partial charge >= 0.3 is 5.97 Å². The highest BCUT2D eigenvalue weighted by molar-refractivity contribution is 9.10. The van der Waals surface area contributed by atoms with Crippen molar-refractivity contribution in [3.63, 3.8) is 0 Å². The molecule has 20 heavy (non-hydrogen) atoms. The third kappa shape index (κ3) is 3.60. The number of carboxylic acid groups (broad SMARTS) is 1. The summed E-state index contributed by atoms with van der Waals surface area (Å²) in [4.78, 5) is 23.4. The molecule has 4 nitrogen and oxygen atoms in total. The molecular formula is C15H18BrNO3. The SMILES string of the molecule is O=C(CC1(C(=O)O)CCCC1)NCc1cccc(Br)c1. The molecule has 108 valence electrons. The van der Waals surface area contributed by atoms with Gasteiger partial charge in [0.15, 0.2) is 0 Å². The molecule has 0 unspecified atom stereocenters. The van der Waals surface area contributed by atoms with Crippen LogP contribution in [0.15, 0.2) is 28.7 Å². The Bertz CT molecular complexity index is 510. The number of rotatable bonds is 5. The molecule has 0 spiro atoms. The van der Waals surface area contributed by atoms with E-state index in [1.54, 1.807) is 0 Å². The fourth-order valence-corrected chi connectivity index (χ4v) is 3.18. The third-order valence-corrected chi connectivity index (χ3v) is 4.39. The number of carboxylic acids is 1. The van der Waals surface area contributed by atoms with Gasteiger partial charge in [-0.05, 0) is 30.5 Å². The Kier molecular flexibility index (Phi) is 4.81. The van der Waals surface area contributed by atoms with Gasteiger partial charge < -0.3 is 10.4 Å². The minimum Gasteiger partial charge on any atom is -0.481 e. The predicted octanol–water partition coefficient (Wildman–Crippen LogP) is 3.10. The summed E-state index contributed by atoms with van der Waals surface area (Å²) in [7, 11) is 0. The summed E-state index contributed by atoms with van der Waals surface area (Å²) in [5, 5.41) is 12.2. The topological polar surface area (TPSA) is 66.4 Å². The molecule has 1 aromatic carbocycles. The van der Waals surface area contributed by atoms with E-state index in [0.717, 1.165) is 22.9 Å². The normalized spacial score (nSPS) is 16.9. The average molecular weight is 340 g/mol. The first-order valence-corrected chi connectivity index (χ1v) is 7.56. The lowest BCUT2D eigenvalue weighted by Gasteiger charge is -2.22. The zero-order valence-electron chi connectivity index (χ0n) is 11.2. The number of carbonyl (C=O) groups is 2. The van der Waals surface area contributed by atoms with Crippen molar-refractivity contribution < 1.29 is 14.7 Å². The van der Waals surface area contributed by atoms with E-state index in [9.17, 15) is 14.7 Å². The average Bonchev–Trinajstić information content (AvgIpc) is 2.86. The van der Waals surface area contributed by atoms with Crippen molar-refractivity contribution in [2.24, 2.45) is 5.41 Å². The van der Waals surface area contributed by atoms with Gasteiger partial charge in [-0.25, -0.2) is 0 Å². The lowest BCUT2D eigenvalue weighted by atomic mass is 9.82. The molecule has 0 saturated heterocycles. The second-order valence-corrected chi connectivity index (χ2v) is 6.29. The highest BCUT2D eigenvalue weighted by atomic mass is 79.9. The zero-order valence-corrected chi connectivity index (χ0v) is 12.8. The van der Waals surface area contributed by atoms with Crippen LogP contribution >= 0.6 is 15.9 Å². The van der Waals surface area contributed by atoms with Crippen molar-refractivity contribution in [2.75, 3.05) is 0 Å². The Morgan fingerprint density at radius 3 is 2.60 bits per heavy atom. The van der Waals surface area contributed by atoms with Crippen molar-refractivity contribution >= 4 is 27.8 Å². The van der Waals surface area contributed by atoms with Crippen LogP contribution in [0.4, 0.5) is 0 Å². The second kappa shape index (κ2) is 6.39. The Morgan fingerprint density at radius 2 is 2.00 bits per heavy atom. The molecule has 1 saturated carbocycles. The van der Waals surface area contributed by atoms with E-state index in [1.165, 1.54) is 0 Å². The van der Waals surface area contributed by atoms with Crippen LogP contribution < -0.4 is 5.32 Å². The lowest BCUT2D eigenvalue weighted by molar-refractivity contribution is -0.151. The molecule has 0 radical (unpaired) electrons. The van der Waals surface area contributed by atoms with E-state index in [0.29, 0.717) is 19.4 Å². The number of amides is 1. The summed E-state index contributed by atoms with van der Waals surface area (Å²) in [6.07, 6.45) is 3.08. The van der Waals surface area contributed by atoms with Crippen LogP contribution in [0.2, 0.25) is 0 Å². The molecular weight excluding hydrogens is 322 g/mol. The predicted molar refractivity (Wildman–Crippen MR) is 79.1 cm³/mol. The quantitative estimate of drug-likeness (QED) is 0.866. The minimum absolute atomic E-state index is 0.0797. The molecule has 1 fully saturated rings. The van der Waals surface area contributed by atoms with E-state index in [2.05, 4.69) is 21.2 Å². The molecule has 1 aliphatic carbocycles. The van der Waals surface area contributed by atoms with Gasteiger partial charge in [0.1, 0.15) is 0 Å². The van der Waals surface area contributed by atoms with Crippen LogP contribution in [0.1, 0.15) is 37.7 Å². The summed E-state index contributed by atoms with van der Waals surface area (Å²) < 4.78 is 0.960. The molecule has 0 aromatic heterocycles. The van der Waals surface area contributed by atoms with Gasteiger partial charge in [-0.15, -0.1) is 0 Å². The first-order valence-electron chi connectivity index (χ1n) is 6.76. The van der Waals surface area contributed by atoms with Crippen molar-refractivity contribution in [2.45, 2.75) is 38.6 Å². The largest absolute Gasteiger partial charge is 0.481 e. The van der Waals surface area contributed by atoms with Crippen molar-refractivity contribution in [3.05, 3.63) is 34.3 Å². The molecule has 2 rings (SSSR count). The van der Waals surface area contributed by atoms with E-state index >= 15 is 0 Å². The third-order valence-electron chi connectivity index (χ3n) is 3.89. The summed E-state index contributed by atoms with van der Waals surface area (Å²) in [6, 6.07) is 7.68. The lowest BCUT2D eigenvalue weighted by Crippen LogP contribution is -2.35. The number of hydrogen-bond acceptors (Lipinski definition) is 2. The Balaban J connectivity index is 1.90. The highest BCUT2D eigenvalue weighted by Crippen LogP contribution is 2.41. The second-order valence-electron chi connectivity index (χ2n) is 5.38. The summed E-state index contributed by atoms with van der Waals surface area (Å²) >= 11 is 3.38. The molecule has 2 N–H and O–H groups in total. The summed E-state index contributed by atoms with van der Waals surface area (Å²) in [5.74, 6) is -1.03. The first-order chi connectivity index (χ1) is 9.52. The van der Waals surface area contributed by atoms with Crippen LogP contribution in [0.3, 0.4) is 0 Å². The zero-order chi connectivity index (χ0) is 14.6. The van der Waals surface area contributed by atoms with Gasteiger partial charge in [-0.1, -0.05) is 40.9 Å². The molecule has 1 aliphatic rings. The van der Waals surface area contributed by atoms with E-state index in [-0.39, 0.29) is 12.3 Å². The first kappa shape index (κ1) is 15.0. The number of hydrogen-bond donors (Lipinski definition) is 2. The van der Waals surface area contributed by atoms with E-state index in [1.807, 2.05) is 24.3 Å². The maximum absolute atomic E-state index is 12.0. The fourth-order valence-electron chi connectivity index (χ4n) is 2.74. The van der Waals surface area contributed by atoms with Gasteiger partial charge in [0, 0.05) is 17.4 Å². The van der Waals surface area contributed by atoms with Crippen LogP contribution in [0.5, 0.6) is 0 Å². The van der Waals surface area contributed by atoms with Gasteiger partial charge in [0.2, 0.25) is 5.91 Å². The Labute approximate surface area is 126 Å². The molecule has 1 amide bonds. The number of halogens is 1. The van der Waals surface area contributed by atoms with Crippen molar-refractivity contribution in [1.82, 2.24) is 5.32 Å². The van der Waals surface area contributed by atoms with Crippen LogP contribution in [-0.2, 0) is 16.1 Å². The number of nitrogens with one attached hydrogen (secondary N) is 1. The van der Waals surface area contributed by atoms with Crippen molar-refractivity contribution in [3.8, 4) is 0 Å². The summed E-state index contributed by atoms with van der Waals surface area (Å²) in [5.41, 5.74) is 0.143. The van der Waals surface area contributed by atoms with Gasteiger partial charge in [-0.3, -0.25) is 9.59 Å². The smallest absolute Gasteiger partial charge is 0.310 e. The Morgan fingerprint density at radius 1 is 1.30 bits per heavy atom. The van der Waals surface area contributed by atoms with Crippen LogP contribution in [0.25, 0.3) is 0 Å². The molecule has 0 heterocycles. The maximum atomic E-state index is 12.0. The molecule has 5 heteroatoms. The molecule has 1 aromatic rings.